The second-order valence-corrected chi connectivity index (χ2v) is 4.89. The van der Waals surface area contributed by atoms with Crippen molar-refractivity contribution in [1.82, 2.24) is 0 Å². The van der Waals surface area contributed by atoms with Crippen LogP contribution in [0.15, 0.2) is 18.2 Å². The molecule has 0 fully saturated rings. The van der Waals surface area contributed by atoms with Gasteiger partial charge in [-0.3, -0.25) is 0 Å². The number of aliphatic hydroxyl groups excluding tert-OH is 2. The SMILES string of the molecule is CCCC(O)C(O)CCc1ccc(C)cc1C. The molecule has 0 aliphatic rings. The quantitative estimate of drug-likeness (QED) is 0.797. The van der Waals surface area contributed by atoms with Gasteiger partial charge in [0.2, 0.25) is 0 Å². The molecule has 0 radical (unpaired) electrons. The third-order valence-electron chi connectivity index (χ3n) is 3.24. The Kier molecular flexibility index (Phi) is 5.66. The van der Waals surface area contributed by atoms with Crippen LogP contribution in [0.3, 0.4) is 0 Å². The van der Waals surface area contributed by atoms with Gasteiger partial charge in [-0.1, -0.05) is 37.1 Å². The van der Waals surface area contributed by atoms with Crippen molar-refractivity contribution in [2.75, 3.05) is 0 Å². The van der Waals surface area contributed by atoms with Crippen LogP contribution >= 0.6 is 0 Å². The zero-order valence-corrected chi connectivity index (χ0v) is 11.1. The van der Waals surface area contributed by atoms with E-state index in [1.807, 2.05) is 6.92 Å². The van der Waals surface area contributed by atoms with Crippen molar-refractivity contribution < 1.29 is 10.2 Å². The van der Waals surface area contributed by atoms with E-state index in [1.54, 1.807) is 0 Å². The molecule has 2 unspecified atom stereocenters. The second kappa shape index (κ2) is 6.77. The molecule has 2 atom stereocenters. The van der Waals surface area contributed by atoms with Crippen LogP contribution in [0.2, 0.25) is 0 Å². The molecular formula is C15H24O2. The highest BCUT2D eigenvalue weighted by Crippen LogP contribution is 2.15. The molecule has 0 amide bonds. The van der Waals surface area contributed by atoms with E-state index in [4.69, 9.17) is 0 Å². The van der Waals surface area contributed by atoms with Gasteiger partial charge in [0.25, 0.3) is 0 Å². The summed E-state index contributed by atoms with van der Waals surface area (Å²) in [6.45, 7) is 6.19. The smallest absolute Gasteiger partial charge is 0.0802 e. The van der Waals surface area contributed by atoms with Crippen molar-refractivity contribution in [3.05, 3.63) is 34.9 Å². The Morgan fingerprint density at radius 3 is 2.29 bits per heavy atom. The van der Waals surface area contributed by atoms with Crippen molar-refractivity contribution >= 4 is 0 Å². The summed E-state index contributed by atoms with van der Waals surface area (Å²) in [6.07, 6.45) is 1.86. The standard InChI is InChI=1S/C15H24O2/c1-4-5-14(16)15(17)9-8-13-7-6-11(2)10-12(13)3/h6-7,10,14-17H,4-5,8-9H2,1-3H3. The van der Waals surface area contributed by atoms with Gasteiger partial charge >= 0.3 is 0 Å². The van der Waals surface area contributed by atoms with Crippen molar-refractivity contribution in [2.45, 2.75) is 58.7 Å². The molecule has 96 valence electrons. The van der Waals surface area contributed by atoms with Gasteiger partial charge in [-0.05, 0) is 44.2 Å². The highest BCUT2D eigenvalue weighted by Gasteiger charge is 2.15. The molecule has 1 aromatic rings. The molecular weight excluding hydrogens is 212 g/mol. The minimum atomic E-state index is -0.601. The monoisotopic (exact) mass is 236 g/mol. The first kappa shape index (κ1) is 14.2. The number of benzene rings is 1. The minimum Gasteiger partial charge on any atom is -0.390 e. The maximum atomic E-state index is 9.81. The molecule has 1 rings (SSSR count). The first-order valence-corrected chi connectivity index (χ1v) is 6.46. The van der Waals surface area contributed by atoms with Crippen LogP contribution in [0.5, 0.6) is 0 Å². The molecule has 2 N–H and O–H groups in total. The lowest BCUT2D eigenvalue weighted by molar-refractivity contribution is 0.00979. The molecule has 0 aliphatic carbocycles. The molecule has 0 heterocycles. The van der Waals surface area contributed by atoms with E-state index in [2.05, 4.69) is 32.0 Å². The van der Waals surface area contributed by atoms with Gasteiger partial charge < -0.3 is 10.2 Å². The Bertz CT molecular complexity index is 347. The zero-order valence-electron chi connectivity index (χ0n) is 11.1. The molecule has 0 saturated heterocycles. The predicted octanol–water partition coefficient (Wildman–Crippen LogP) is 2.76. The van der Waals surface area contributed by atoms with Crippen molar-refractivity contribution in [3.8, 4) is 0 Å². The van der Waals surface area contributed by atoms with E-state index >= 15 is 0 Å². The Hall–Kier alpha value is -0.860. The van der Waals surface area contributed by atoms with Crippen LogP contribution in [0, 0.1) is 13.8 Å². The summed E-state index contributed by atoms with van der Waals surface area (Å²) in [5, 5.41) is 19.5. The second-order valence-electron chi connectivity index (χ2n) is 4.89. The van der Waals surface area contributed by atoms with Crippen LogP contribution in [0.1, 0.15) is 42.9 Å². The number of aryl methyl sites for hydroxylation is 3. The Labute approximate surface area is 104 Å². The molecule has 0 spiro atoms. The number of rotatable bonds is 6. The maximum absolute atomic E-state index is 9.81. The van der Waals surface area contributed by atoms with Crippen LogP contribution in [0.4, 0.5) is 0 Å². The number of aliphatic hydroxyl groups is 2. The van der Waals surface area contributed by atoms with Gasteiger partial charge in [-0.15, -0.1) is 0 Å². The highest BCUT2D eigenvalue weighted by atomic mass is 16.3. The molecule has 0 bridgehead atoms. The summed E-state index contributed by atoms with van der Waals surface area (Å²) < 4.78 is 0. The normalized spacial score (nSPS) is 14.6. The third kappa shape index (κ3) is 4.49. The van der Waals surface area contributed by atoms with Crippen molar-refractivity contribution in [3.63, 3.8) is 0 Å². The largest absolute Gasteiger partial charge is 0.390 e. The lowest BCUT2D eigenvalue weighted by Crippen LogP contribution is -2.26. The summed E-state index contributed by atoms with van der Waals surface area (Å²) in [5.41, 5.74) is 3.79. The summed E-state index contributed by atoms with van der Waals surface area (Å²) in [4.78, 5) is 0. The van der Waals surface area contributed by atoms with E-state index in [9.17, 15) is 10.2 Å². The van der Waals surface area contributed by atoms with Crippen molar-refractivity contribution in [2.24, 2.45) is 0 Å². The molecule has 2 heteroatoms. The summed E-state index contributed by atoms with van der Waals surface area (Å²) in [7, 11) is 0. The number of hydrogen-bond donors (Lipinski definition) is 2. The zero-order chi connectivity index (χ0) is 12.8. The van der Waals surface area contributed by atoms with Crippen LogP contribution < -0.4 is 0 Å². The molecule has 17 heavy (non-hydrogen) atoms. The fourth-order valence-corrected chi connectivity index (χ4v) is 2.11. The molecule has 0 aliphatic heterocycles. The molecule has 0 saturated carbocycles. The van der Waals surface area contributed by atoms with Crippen LogP contribution in [0.25, 0.3) is 0 Å². The van der Waals surface area contributed by atoms with Crippen molar-refractivity contribution in [1.29, 1.82) is 0 Å². The predicted molar refractivity (Wildman–Crippen MR) is 71.2 cm³/mol. The summed E-state index contributed by atoms with van der Waals surface area (Å²) in [6, 6.07) is 6.37. The van der Waals surface area contributed by atoms with E-state index in [1.165, 1.54) is 16.7 Å². The van der Waals surface area contributed by atoms with E-state index < -0.39 is 12.2 Å². The topological polar surface area (TPSA) is 40.5 Å². The molecule has 1 aromatic carbocycles. The minimum absolute atomic E-state index is 0.578. The fraction of sp³-hybridized carbons (Fsp3) is 0.600. The van der Waals surface area contributed by atoms with Gasteiger partial charge in [0.1, 0.15) is 0 Å². The van der Waals surface area contributed by atoms with Crippen LogP contribution in [-0.2, 0) is 6.42 Å². The Balaban J connectivity index is 2.49. The van der Waals surface area contributed by atoms with Gasteiger partial charge in [-0.2, -0.15) is 0 Å². The highest BCUT2D eigenvalue weighted by molar-refractivity contribution is 5.30. The molecule has 2 nitrogen and oxygen atoms in total. The van der Waals surface area contributed by atoms with Gasteiger partial charge in [-0.25, -0.2) is 0 Å². The maximum Gasteiger partial charge on any atom is 0.0802 e. The van der Waals surface area contributed by atoms with Gasteiger partial charge in [0.05, 0.1) is 12.2 Å². The average Bonchev–Trinajstić information content (AvgIpc) is 2.27. The van der Waals surface area contributed by atoms with Gasteiger partial charge in [0, 0.05) is 0 Å². The van der Waals surface area contributed by atoms with Gasteiger partial charge in [0.15, 0.2) is 0 Å². The van der Waals surface area contributed by atoms with E-state index in [-0.39, 0.29) is 0 Å². The lowest BCUT2D eigenvalue weighted by Gasteiger charge is -2.17. The number of hydrogen-bond acceptors (Lipinski definition) is 2. The first-order valence-electron chi connectivity index (χ1n) is 6.46. The Morgan fingerprint density at radius 1 is 1.06 bits per heavy atom. The van der Waals surface area contributed by atoms with E-state index in [0.29, 0.717) is 12.8 Å². The lowest BCUT2D eigenvalue weighted by atomic mass is 9.97. The van der Waals surface area contributed by atoms with Crippen LogP contribution in [-0.4, -0.2) is 22.4 Å². The molecule has 0 aromatic heterocycles. The fourth-order valence-electron chi connectivity index (χ4n) is 2.11. The summed E-state index contributed by atoms with van der Waals surface area (Å²) in [5.74, 6) is 0. The Morgan fingerprint density at radius 2 is 1.71 bits per heavy atom. The van der Waals surface area contributed by atoms with E-state index in [0.717, 1.165) is 12.8 Å². The average molecular weight is 236 g/mol. The third-order valence-corrected chi connectivity index (χ3v) is 3.24. The summed E-state index contributed by atoms with van der Waals surface area (Å²) >= 11 is 0. The first-order chi connectivity index (χ1) is 8.04.